The number of nitrogens with zero attached hydrogens (tertiary/aromatic N) is 2. The smallest absolute Gasteiger partial charge is 0.308 e. The van der Waals surface area contributed by atoms with Crippen LogP contribution in [-0.4, -0.2) is 16.4 Å². The summed E-state index contributed by atoms with van der Waals surface area (Å²) >= 11 is 0. The first-order chi connectivity index (χ1) is 25.7. The van der Waals surface area contributed by atoms with Gasteiger partial charge in [-0.05, 0) is 77.2 Å². The van der Waals surface area contributed by atoms with E-state index >= 15 is 0 Å². The third-order valence-corrected chi connectivity index (χ3v) is 9.97. The van der Waals surface area contributed by atoms with Gasteiger partial charge in [-0.3, -0.25) is 9.59 Å². The Morgan fingerprint density at radius 2 is 1.09 bits per heavy atom. The normalized spacial score (nSPS) is 12.9. The van der Waals surface area contributed by atoms with Gasteiger partial charge in [-0.25, -0.2) is 4.90 Å². The Kier molecular flexibility index (Phi) is 7.41. The van der Waals surface area contributed by atoms with Crippen molar-refractivity contribution < 1.29 is 22.8 Å². The van der Waals surface area contributed by atoms with E-state index in [4.69, 9.17) is 0 Å². The third-order valence-electron chi connectivity index (χ3n) is 9.97. The summed E-state index contributed by atoms with van der Waals surface area (Å²) in [7, 11) is 0. The molecule has 9 rings (SSSR count). The van der Waals surface area contributed by atoms with E-state index in [1.807, 2.05) is 126 Å². The van der Waals surface area contributed by atoms with Crippen LogP contribution in [0.3, 0.4) is 0 Å². The molecule has 0 atom stereocenters. The molecule has 53 heavy (non-hydrogen) atoms. The highest BCUT2D eigenvalue weighted by atomic mass is 19.4. The Morgan fingerprint density at radius 1 is 0.491 bits per heavy atom. The molecule has 0 fully saturated rings. The Labute approximate surface area is 303 Å². The number of aromatic nitrogens is 1. The molecular formula is C46H29F3N2O2. The van der Waals surface area contributed by atoms with Crippen LogP contribution in [0.15, 0.2) is 158 Å². The molecule has 1 aromatic heterocycles. The number of carbonyl (C=O) groups excluding carboxylic acids is 2. The second-order valence-electron chi connectivity index (χ2n) is 13.2. The van der Waals surface area contributed by atoms with Gasteiger partial charge in [-0.1, -0.05) is 115 Å². The summed E-state index contributed by atoms with van der Waals surface area (Å²) < 4.78 is 43.3. The zero-order valence-corrected chi connectivity index (χ0v) is 28.4. The maximum absolute atomic E-state index is 14.9. The van der Waals surface area contributed by atoms with Gasteiger partial charge in [-0.2, -0.15) is 13.2 Å². The Morgan fingerprint density at radius 3 is 1.77 bits per heavy atom. The number of para-hydroxylation sites is 2. The molecule has 0 unspecified atom stereocenters. The van der Waals surface area contributed by atoms with Crippen molar-refractivity contribution in [1.29, 1.82) is 0 Å². The number of halogens is 3. The number of imide groups is 1. The largest absolute Gasteiger partial charge is 0.416 e. The maximum Gasteiger partial charge on any atom is 0.416 e. The van der Waals surface area contributed by atoms with Crippen LogP contribution in [0.2, 0.25) is 0 Å². The molecule has 1 aliphatic rings. The van der Waals surface area contributed by atoms with E-state index in [1.54, 1.807) is 31.2 Å². The minimum absolute atomic E-state index is 0.277. The quantitative estimate of drug-likeness (QED) is 0.168. The minimum atomic E-state index is -4.48. The topological polar surface area (TPSA) is 42.3 Å². The number of amides is 2. The predicted octanol–water partition coefficient (Wildman–Crippen LogP) is 11.9. The molecule has 0 bridgehead atoms. The highest BCUT2D eigenvalue weighted by Gasteiger charge is 2.41. The van der Waals surface area contributed by atoms with Crippen LogP contribution in [0, 0.1) is 6.92 Å². The van der Waals surface area contributed by atoms with Gasteiger partial charge in [0.2, 0.25) is 0 Å². The first kappa shape index (κ1) is 32.2. The first-order valence-electron chi connectivity index (χ1n) is 17.2. The van der Waals surface area contributed by atoms with E-state index in [9.17, 15) is 22.8 Å². The van der Waals surface area contributed by atoms with Crippen molar-refractivity contribution in [3.8, 4) is 39.1 Å². The van der Waals surface area contributed by atoms with Crippen LogP contribution >= 0.6 is 0 Å². The summed E-state index contributed by atoms with van der Waals surface area (Å²) in [4.78, 5) is 30.8. The van der Waals surface area contributed by atoms with Gasteiger partial charge in [0.15, 0.2) is 0 Å². The zero-order valence-electron chi connectivity index (χ0n) is 28.4. The predicted molar refractivity (Wildman–Crippen MR) is 204 cm³/mol. The number of hydrogen-bond donors (Lipinski definition) is 0. The second kappa shape index (κ2) is 12.2. The first-order valence-corrected chi connectivity index (χ1v) is 17.2. The molecular weight excluding hydrogens is 670 g/mol. The van der Waals surface area contributed by atoms with E-state index in [1.165, 1.54) is 11.0 Å². The van der Waals surface area contributed by atoms with Gasteiger partial charge in [0.25, 0.3) is 11.8 Å². The third kappa shape index (κ3) is 5.23. The Balaban J connectivity index is 1.24. The van der Waals surface area contributed by atoms with Gasteiger partial charge in [0.1, 0.15) is 0 Å². The summed E-state index contributed by atoms with van der Waals surface area (Å²) in [5, 5.41) is 1.67. The van der Waals surface area contributed by atoms with Crippen molar-refractivity contribution in [3.63, 3.8) is 0 Å². The van der Waals surface area contributed by atoms with E-state index in [0.717, 1.165) is 50.1 Å². The SMILES string of the molecule is Cc1cc(-c2ccc3c(c2)c2ccccc2n3-c2cccc3c2C(=O)N(c2c(-c4ccccc4)cccc2-c2ccccc2)C3=O)cc(C(F)(F)F)c1. The minimum Gasteiger partial charge on any atom is -0.308 e. The molecule has 7 aromatic carbocycles. The van der Waals surface area contributed by atoms with Gasteiger partial charge < -0.3 is 4.57 Å². The fourth-order valence-corrected chi connectivity index (χ4v) is 7.67. The van der Waals surface area contributed by atoms with Crippen LogP contribution in [0.25, 0.3) is 60.9 Å². The lowest BCUT2D eigenvalue weighted by molar-refractivity contribution is -0.137. The number of hydrogen-bond acceptors (Lipinski definition) is 2. The number of benzene rings is 7. The van der Waals surface area contributed by atoms with Crippen molar-refractivity contribution in [2.24, 2.45) is 0 Å². The molecule has 256 valence electrons. The maximum atomic E-state index is 14.9. The molecule has 8 aromatic rings. The number of rotatable bonds is 5. The van der Waals surface area contributed by atoms with Crippen molar-refractivity contribution in [1.82, 2.24) is 4.57 Å². The van der Waals surface area contributed by atoms with Crippen LogP contribution in [0.4, 0.5) is 18.9 Å². The van der Waals surface area contributed by atoms with Gasteiger partial charge in [0.05, 0.1) is 39.1 Å². The standard InChI is InChI=1S/C46H29F3N2O2/c1-28-24-32(26-33(25-28)46(47,48)49)31-22-23-40-38(27-31)36-16-8-9-20-39(36)50(40)41-21-11-19-37-42(41)45(53)51(44(37)52)43-34(29-12-4-2-5-13-29)17-10-18-35(43)30-14-6-3-7-15-30/h2-27H,1H3. The average molecular weight is 699 g/mol. The number of carbonyl (C=O) groups is 2. The second-order valence-corrected chi connectivity index (χ2v) is 13.2. The van der Waals surface area contributed by atoms with Crippen molar-refractivity contribution >= 4 is 39.3 Å². The zero-order chi connectivity index (χ0) is 36.4. The van der Waals surface area contributed by atoms with Crippen molar-refractivity contribution in [3.05, 3.63) is 180 Å². The van der Waals surface area contributed by atoms with Crippen LogP contribution in [0.5, 0.6) is 0 Å². The van der Waals surface area contributed by atoms with Crippen molar-refractivity contribution in [2.45, 2.75) is 13.1 Å². The average Bonchev–Trinajstić information content (AvgIpc) is 3.64. The van der Waals surface area contributed by atoms with Gasteiger partial charge in [0, 0.05) is 21.9 Å². The van der Waals surface area contributed by atoms with E-state index in [-0.39, 0.29) is 11.1 Å². The lowest BCUT2D eigenvalue weighted by atomic mass is 9.95. The molecule has 4 nitrogen and oxygen atoms in total. The molecule has 0 spiro atoms. The summed E-state index contributed by atoms with van der Waals surface area (Å²) in [6.45, 7) is 1.65. The molecule has 0 radical (unpaired) electrons. The summed E-state index contributed by atoms with van der Waals surface area (Å²) in [5.41, 5.74) is 7.28. The fraction of sp³-hybridized carbons (Fsp3) is 0.0435. The molecule has 0 aliphatic carbocycles. The lowest BCUT2D eigenvalue weighted by Crippen LogP contribution is -2.30. The van der Waals surface area contributed by atoms with E-state index in [0.29, 0.717) is 28.1 Å². The molecule has 2 amide bonds. The summed E-state index contributed by atoms with van der Waals surface area (Å²) in [6.07, 6.45) is -4.48. The monoisotopic (exact) mass is 698 g/mol. The summed E-state index contributed by atoms with van der Waals surface area (Å²) in [5.74, 6) is -0.862. The lowest BCUT2D eigenvalue weighted by Gasteiger charge is -2.23. The molecule has 1 aliphatic heterocycles. The number of aryl methyl sites for hydroxylation is 1. The molecule has 0 saturated heterocycles. The molecule has 0 N–H and O–H groups in total. The number of anilines is 1. The van der Waals surface area contributed by atoms with E-state index < -0.39 is 23.6 Å². The fourth-order valence-electron chi connectivity index (χ4n) is 7.67. The highest BCUT2D eigenvalue weighted by Crippen LogP contribution is 2.45. The molecule has 2 heterocycles. The van der Waals surface area contributed by atoms with E-state index in [2.05, 4.69) is 0 Å². The highest BCUT2D eigenvalue weighted by molar-refractivity contribution is 6.37. The van der Waals surface area contributed by atoms with Gasteiger partial charge >= 0.3 is 6.18 Å². The number of alkyl halides is 3. The Bertz CT molecular complexity index is 2710. The molecule has 7 heteroatoms. The van der Waals surface area contributed by atoms with Crippen molar-refractivity contribution in [2.75, 3.05) is 4.90 Å². The van der Waals surface area contributed by atoms with Gasteiger partial charge in [-0.15, -0.1) is 0 Å². The summed E-state index contributed by atoms with van der Waals surface area (Å²) in [6, 6.07) is 47.9. The van der Waals surface area contributed by atoms with Crippen LogP contribution < -0.4 is 4.90 Å². The van der Waals surface area contributed by atoms with Crippen LogP contribution in [-0.2, 0) is 6.18 Å². The Hall–Kier alpha value is -6.73. The number of fused-ring (bicyclic) bond motifs is 4. The molecule has 0 saturated carbocycles. The van der Waals surface area contributed by atoms with Crippen LogP contribution in [0.1, 0.15) is 31.8 Å².